The molecule has 18 heavy (non-hydrogen) atoms. The highest BCUT2D eigenvalue weighted by Gasteiger charge is 2.11. The molecule has 5 nitrogen and oxygen atoms in total. The smallest absolute Gasteiger partial charge is 0.163 e. The Kier molecular flexibility index (Phi) is 2.64. The summed E-state index contributed by atoms with van der Waals surface area (Å²) >= 11 is 0. The molecule has 0 spiro atoms. The molecule has 1 aromatic heterocycles. The highest BCUT2D eigenvalue weighted by molar-refractivity contribution is 5.72. The summed E-state index contributed by atoms with van der Waals surface area (Å²) in [7, 11) is 0. The van der Waals surface area contributed by atoms with Gasteiger partial charge in [-0.1, -0.05) is 0 Å². The number of anilines is 3. The van der Waals surface area contributed by atoms with E-state index in [9.17, 15) is 0 Å². The van der Waals surface area contributed by atoms with E-state index in [2.05, 4.69) is 10.3 Å². The van der Waals surface area contributed by atoms with Crippen LogP contribution in [0, 0.1) is 0 Å². The van der Waals surface area contributed by atoms with Gasteiger partial charge in [-0.25, -0.2) is 0 Å². The lowest BCUT2D eigenvalue weighted by Crippen LogP contribution is -2.15. The number of fused-ring (bicyclic) bond motifs is 1. The largest absolute Gasteiger partial charge is 0.486 e. The SMILES string of the molecule is Nc1ccncc1Nc1ccc2c(c1)OCCO2. The Bertz CT molecular complexity index is 572. The molecular formula is C13H13N3O2. The first-order valence-corrected chi connectivity index (χ1v) is 5.69. The minimum absolute atomic E-state index is 0.575. The molecule has 0 saturated carbocycles. The average molecular weight is 243 g/mol. The zero-order valence-corrected chi connectivity index (χ0v) is 9.72. The Labute approximate surface area is 105 Å². The van der Waals surface area contributed by atoms with Crippen molar-refractivity contribution < 1.29 is 9.47 Å². The van der Waals surface area contributed by atoms with E-state index in [1.165, 1.54) is 0 Å². The maximum atomic E-state index is 5.85. The van der Waals surface area contributed by atoms with E-state index in [-0.39, 0.29) is 0 Å². The van der Waals surface area contributed by atoms with Gasteiger partial charge < -0.3 is 20.5 Å². The minimum atomic E-state index is 0.575. The van der Waals surface area contributed by atoms with Crippen molar-refractivity contribution in [3.8, 4) is 11.5 Å². The standard InChI is InChI=1S/C13H13N3O2/c14-10-3-4-15-8-11(10)16-9-1-2-12-13(7-9)18-6-5-17-12/h1-4,7-8,16H,5-6H2,(H2,14,15). The van der Waals surface area contributed by atoms with Gasteiger partial charge in [-0.3, -0.25) is 4.98 Å². The van der Waals surface area contributed by atoms with Crippen molar-refractivity contribution in [3.63, 3.8) is 0 Å². The molecule has 3 rings (SSSR count). The van der Waals surface area contributed by atoms with E-state index >= 15 is 0 Å². The number of benzene rings is 1. The van der Waals surface area contributed by atoms with Crippen LogP contribution in [-0.4, -0.2) is 18.2 Å². The van der Waals surface area contributed by atoms with Crippen LogP contribution in [0.3, 0.4) is 0 Å². The average Bonchev–Trinajstić information content (AvgIpc) is 2.41. The van der Waals surface area contributed by atoms with E-state index in [1.54, 1.807) is 18.5 Å². The van der Waals surface area contributed by atoms with Crippen LogP contribution in [0.15, 0.2) is 36.7 Å². The molecule has 2 heterocycles. The van der Waals surface area contributed by atoms with Crippen LogP contribution >= 0.6 is 0 Å². The predicted molar refractivity (Wildman–Crippen MR) is 69.4 cm³/mol. The zero-order valence-electron chi connectivity index (χ0n) is 9.72. The van der Waals surface area contributed by atoms with Gasteiger partial charge in [0.25, 0.3) is 0 Å². The normalized spacial score (nSPS) is 13.1. The van der Waals surface area contributed by atoms with Crippen molar-refractivity contribution >= 4 is 17.1 Å². The molecule has 0 aliphatic carbocycles. The summed E-state index contributed by atoms with van der Waals surface area (Å²) in [6, 6.07) is 7.44. The van der Waals surface area contributed by atoms with Crippen molar-refractivity contribution in [2.45, 2.75) is 0 Å². The molecule has 0 bridgehead atoms. The molecule has 2 aromatic rings. The first kappa shape index (κ1) is 10.7. The Hall–Kier alpha value is -2.43. The Morgan fingerprint density at radius 3 is 2.78 bits per heavy atom. The lowest BCUT2D eigenvalue weighted by molar-refractivity contribution is 0.171. The summed E-state index contributed by atoms with van der Waals surface area (Å²) in [6.45, 7) is 1.17. The summed E-state index contributed by atoms with van der Waals surface area (Å²) in [5.74, 6) is 1.51. The maximum absolute atomic E-state index is 5.85. The molecule has 3 N–H and O–H groups in total. The molecule has 1 aliphatic rings. The van der Waals surface area contributed by atoms with Crippen molar-refractivity contribution in [2.75, 3.05) is 24.3 Å². The van der Waals surface area contributed by atoms with E-state index in [1.807, 2.05) is 18.2 Å². The minimum Gasteiger partial charge on any atom is -0.486 e. The van der Waals surface area contributed by atoms with Gasteiger partial charge in [0.15, 0.2) is 11.5 Å². The van der Waals surface area contributed by atoms with Gasteiger partial charge in [-0.05, 0) is 18.2 Å². The fourth-order valence-electron chi connectivity index (χ4n) is 1.79. The summed E-state index contributed by atoms with van der Waals surface area (Å²) in [4.78, 5) is 4.03. The summed E-state index contributed by atoms with van der Waals surface area (Å²) < 4.78 is 11.0. The van der Waals surface area contributed by atoms with Gasteiger partial charge in [0.1, 0.15) is 13.2 Å². The van der Waals surface area contributed by atoms with E-state index in [0.29, 0.717) is 18.9 Å². The number of ether oxygens (including phenoxy) is 2. The van der Waals surface area contributed by atoms with Crippen LogP contribution < -0.4 is 20.5 Å². The van der Waals surface area contributed by atoms with Crippen molar-refractivity contribution in [3.05, 3.63) is 36.7 Å². The number of nitrogens with one attached hydrogen (secondary N) is 1. The highest BCUT2D eigenvalue weighted by Crippen LogP contribution is 2.34. The van der Waals surface area contributed by atoms with Crippen molar-refractivity contribution in [1.29, 1.82) is 0 Å². The number of nitrogens with zero attached hydrogens (tertiary/aromatic N) is 1. The number of hydrogen-bond acceptors (Lipinski definition) is 5. The lowest BCUT2D eigenvalue weighted by Gasteiger charge is -2.19. The van der Waals surface area contributed by atoms with Gasteiger partial charge in [0.2, 0.25) is 0 Å². The summed E-state index contributed by atoms with van der Waals surface area (Å²) in [6.07, 6.45) is 3.34. The second-order valence-corrected chi connectivity index (χ2v) is 3.95. The molecule has 0 atom stereocenters. The molecule has 5 heteroatoms. The third-order valence-corrected chi connectivity index (χ3v) is 2.68. The number of rotatable bonds is 2. The molecule has 1 aliphatic heterocycles. The van der Waals surface area contributed by atoms with Crippen LogP contribution in [0.25, 0.3) is 0 Å². The molecule has 0 fully saturated rings. The van der Waals surface area contributed by atoms with E-state index in [4.69, 9.17) is 15.2 Å². The zero-order chi connectivity index (χ0) is 12.4. The van der Waals surface area contributed by atoms with Crippen LogP contribution in [0.5, 0.6) is 11.5 Å². The van der Waals surface area contributed by atoms with Crippen molar-refractivity contribution in [1.82, 2.24) is 4.98 Å². The number of nitrogens with two attached hydrogens (primary N) is 1. The van der Waals surface area contributed by atoms with Crippen LogP contribution in [0.4, 0.5) is 17.1 Å². The Morgan fingerprint density at radius 1 is 1.11 bits per heavy atom. The van der Waals surface area contributed by atoms with Crippen molar-refractivity contribution in [2.24, 2.45) is 0 Å². The molecule has 1 aromatic carbocycles. The van der Waals surface area contributed by atoms with Crippen LogP contribution in [-0.2, 0) is 0 Å². The fourth-order valence-corrected chi connectivity index (χ4v) is 1.79. The second-order valence-electron chi connectivity index (χ2n) is 3.95. The van der Waals surface area contributed by atoms with Gasteiger partial charge in [-0.2, -0.15) is 0 Å². The molecular weight excluding hydrogens is 230 g/mol. The van der Waals surface area contributed by atoms with E-state index in [0.717, 1.165) is 22.9 Å². The monoisotopic (exact) mass is 243 g/mol. The lowest BCUT2D eigenvalue weighted by atomic mass is 10.2. The molecule has 0 amide bonds. The van der Waals surface area contributed by atoms with Gasteiger partial charge in [0, 0.05) is 18.0 Å². The number of nitrogen functional groups attached to an aromatic ring is 1. The maximum Gasteiger partial charge on any atom is 0.163 e. The molecule has 0 saturated heterocycles. The summed E-state index contributed by atoms with van der Waals surface area (Å²) in [5, 5.41) is 3.20. The quantitative estimate of drug-likeness (QED) is 0.846. The first-order valence-electron chi connectivity index (χ1n) is 5.69. The number of hydrogen-bond donors (Lipinski definition) is 2. The number of aromatic nitrogens is 1. The first-order chi connectivity index (χ1) is 8.83. The molecule has 0 unspecified atom stereocenters. The van der Waals surface area contributed by atoms with Gasteiger partial charge in [-0.15, -0.1) is 0 Å². The van der Waals surface area contributed by atoms with Gasteiger partial charge >= 0.3 is 0 Å². The third-order valence-electron chi connectivity index (χ3n) is 2.68. The second kappa shape index (κ2) is 4.44. The van der Waals surface area contributed by atoms with Crippen LogP contribution in [0.2, 0.25) is 0 Å². The Morgan fingerprint density at radius 2 is 1.94 bits per heavy atom. The van der Waals surface area contributed by atoms with Crippen LogP contribution in [0.1, 0.15) is 0 Å². The third kappa shape index (κ3) is 2.02. The molecule has 92 valence electrons. The topological polar surface area (TPSA) is 69.4 Å². The number of pyridine rings is 1. The van der Waals surface area contributed by atoms with E-state index < -0.39 is 0 Å². The summed E-state index contributed by atoms with van der Waals surface area (Å²) in [5.41, 5.74) is 8.16. The fraction of sp³-hybridized carbons (Fsp3) is 0.154. The predicted octanol–water partition coefficient (Wildman–Crippen LogP) is 2.18. The van der Waals surface area contributed by atoms with Gasteiger partial charge in [0.05, 0.1) is 17.6 Å². The molecule has 0 radical (unpaired) electrons. The highest BCUT2D eigenvalue weighted by atomic mass is 16.6. The Balaban J connectivity index is 1.87.